The van der Waals surface area contributed by atoms with Gasteiger partial charge in [0.15, 0.2) is 0 Å². The Hall–Kier alpha value is -0.100. The number of alkyl halides is 1. The van der Waals surface area contributed by atoms with Crippen molar-refractivity contribution < 1.29 is 8.42 Å². The average Bonchev–Trinajstić information content (AvgIpc) is 2.76. The van der Waals surface area contributed by atoms with E-state index in [4.69, 9.17) is 11.6 Å². The van der Waals surface area contributed by atoms with Crippen LogP contribution >= 0.6 is 22.9 Å². The van der Waals surface area contributed by atoms with Crippen LogP contribution < -0.4 is 0 Å². The van der Waals surface area contributed by atoms with E-state index < -0.39 is 10.0 Å². The van der Waals surface area contributed by atoms with Gasteiger partial charge < -0.3 is 0 Å². The third kappa shape index (κ3) is 4.20. The van der Waals surface area contributed by atoms with Crippen molar-refractivity contribution >= 4 is 33.0 Å². The van der Waals surface area contributed by atoms with Crippen molar-refractivity contribution in [2.75, 3.05) is 6.54 Å². The quantitative estimate of drug-likeness (QED) is 0.521. The first-order valence-corrected chi connectivity index (χ1v) is 9.80. The molecule has 0 N–H and O–H groups in total. The molecule has 0 saturated heterocycles. The van der Waals surface area contributed by atoms with Gasteiger partial charge in [-0.15, -0.1) is 22.9 Å². The number of aryl methyl sites for hydroxylation is 1. The maximum absolute atomic E-state index is 12.8. The molecule has 1 aromatic rings. The average molecular weight is 338 g/mol. The van der Waals surface area contributed by atoms with Crippen molar-refractivity contribution in [1.82, 2.24) is 4.31 Å². The van der Waals surface area contributed by atoms with Gasteiger partial charge >= 0.3 is 0 Å². The predicted molar refractivity (Wildman–Crippen MR) is 87.2 cm³/mol. The van der Waals surface area contributed by atoms with Gasteiger partial charge in [0.25, 0.3) is 0 Å². The molecule has 1 heterocycles. The minimum absolute atomic E-state index is 0.0318. The Labute approximate surface area is 132 Å². The SMILES string of the molecule is CCCCCN(C(C)C)S(=O)(=O)c1cc(CCl)sc1C. The van der Waals surface area contributed by atoms with Crippen molar-refractivity contribution in [3.8, 4) is 0 Å². The Morgan fingerprint density at radius 2 is 2.00 bits per heavy atom. The molecule has 116 valence electrons. The van der Waals surface area contributed by atoms with Crippen molar-refractivity contribution in [2.45, 2.75) is 63.8 Å². The van der Waals surface area contributed by atoms with Gasteiger partial charge in [0.2, 0.25) is 10.0 Å². The van der Waals surface area contributed by atoms with Crippen LogP contribution in [0.1, 0.15) is 49.8 Å². The van der Waals surface area contributed by atoms with E-state index in [0.717, 1.165) is 29.0 Å². The third-order valence-electron chi connectivity index (χ3n) is 3.20. The lowest BCUT2D eigenvalue weighted by molar-refractivity contribution is 0.345. The van der Waals surface area contributed by atoms with Crippen LogP contribution in [0.4, 0.5) is 0 Å². The Bertz CT molecular complexity index is 523. The van der Waals surface area contributed by atoms with E-state index in [1.807, 2.05) is 20.8 Å². The van der Waals surface area contributed by atoms with E-state index >= 15 is 0 Å². The molecule has 0 aromatic carbocycles. The van der Waals surface area contributed by atoms with E-state index in [0.29, 0.717) is 17.3 Å². The minimum Gasteiger partial charge on any atom is -0.207 e. The summed E-state index contributed by atoms with van der Waals surface area (Å²) in [5, 5.41) is 0. The summed E-state index contributed by atoms with van der Waals surface area (Å²) in [6, 6.07) is 1.69. The van der Waals surface area contributed by atoms with Gasteiger partial charge in [-0.25, -0.2) is 8.42 Å². The van der Waals surface area contributed by atoms with Gasteiger partial charge in [-0.05, 0) is 33.3 Å². The van der Waals surface area contributed by atoms with E-state index in [1.165, 1.54) is 11.3 Å². The second kappa shape index (κ2) is 7.78. The molecule has 0 aliphatic heterocycles. The van der Waals surface area contributed by atoms with Gasteiger partial charge in [-0.3, -0.25) is 0 Å². The molecule has 6 heteroatoms. The third-order valence-corrected chi connectivity index (χ3v) is 7.03. The summed E-state index contributed by atoms with van der Waals surface area (Å²) in [4.78, 5) is 2.14. The summed E-state index contributed by atoms with van der Waals surface area (Å²) in [7, 11) is -3.42. The standard InChI is InChI=1S/C14H24ClNO2S2/c1-5-6-7-8-16(11(2)3)20(17,18)14-9-13(10-15)19-12(14)4/h9,11H,5-8,10H2,1-4H3. The van der Waals surface area contributed by atoms with Gasteiger partial charge in [-0.2, -0.15) is 4.31 Å². The van der Waals surface area contributed by atoms with Gasteiger partial charge in [0.05, 0.1) is 10.8 Å². The Morgan fingerprint density at radius 1 is 1.35 bits per heavy atom. The summed E-state index contributed by atoms with van der Waals surface area (Å²) < 4.78 is 27.2. The molecule has 3 nitrogen and oxygen atoms in total. The molecule has 0 aliphatic carbocycles. The first kappa shape index (κ1) is 18.0. The molecule has 0 fully saturated rings. The number of hydrogen-bond donors (Lipinski definition) is 0. The van der Waals surface area contributed by atoms with Gasteiger partial charge in [-0.1, -0.05) is 19.8 Å². The highest BCUT2D eigenvalue weighted by atomic mass is 35.5. The molecule has 1 aromatic heterocycles. The number of unbranched alkanes of at least 4 members (excludes halogenated alkanes) is 2. The molecule has 1 rings (SSSR count). The monoisotopic (exact) mass is 337 g/mol. The molecule has 0 bridgehead atoms. The maximum atomic E-state index is 12.8. The number of rotatable bonds is 8. The van der Waals surface area contributed by atoms with Crippen LogP contribution in [0.15, 0.2) is 11.0 Å². The lowest BCUT2D eigenvalue weighted by atomic mass is 10.2. The molecule has 0 radical (unpaired) electrons. The van der Waals surface area contributed by atoms with Gasteiger partial charge in [0.1, 0.15) is 0 Å². The van der Waals surface area contributed by atoms with Crippen molar-refractivity contribution in [3.05, 3.63) is 15.8 Å². The number of thiophene rings is 1. The molecule has 0 spiro atoms. The van der Waals surface area contributed by atoms with Crippen LogP contribution in [0.25, 0.3) is 0 Å². The number of hydrogen-bond acceptors (Lipinski definition) is 3. The van der Waals surface area contributed by atoms with Crippen LogP contribution in [0.3, 0.4) is 0 Å². The van der Waals surface area contributed by atoms with Crippen LogP contribution in [-0.4, -0.2) is 25.3 Å². The highest BCUT2D eigenvalue weighted by Gasteiger charge is 2.29. The lowest BCUT2D eigenvalue weighted by Crippen LogP contribution is -2.37. The normalized spacial score (nSPS) is 12.6. The van der Waals surface area contributed by atoms with Crippen molar-refractivity contribution in [3.63, 3.8) is 0 Å². The molecule has 0 aliphatic rings. The summed E-state index contributed by atoms with van der Waals surface area (Å²) in [5.41, 5.74) is 0. The summed E-state index contributed by atoms with van der Waals surface area (Å²) in [5.74, 6) is 0.360. The second-order valence-corrected chi connectivity index (χ2v) is 8.65. The Kier molecular flexibility index (Phi) is 6.98. The van der Waals surface area contributed by atoms with Gasteiger partial charge in [0, 0.05) is 22.3 Å². The molecule has 20 heavy (non-hydrogen) atoms. The Morgan fingerprint density at radius 3 is 2.45 bits per heavy atom. The van der Waals surface area contributed by atoms with E-state index in [1.54, 1.807) is 10.4 Å². The molecule has 0 saturated carbocycles. The van der Waals surface area contributed by atoms with E-state index in [9.17, 15) is 8.42 Å². The zero-order valence-corrected chi connectivity index (χ0v) is 15.0. The molecule has 0 unspecified atom stereocenters. The van der Waals surface area contributed by atoms with Crippen LogP contribution in [-0.2, 0) is 15.9 Å². The maximum Gasteiger partial charge on any atom is 0.244 e. The molecular formula is C14H24ClNO2S2. The van der Waals surface area contributed by atoms with E-state index in [-0.39, 0.29) is 6.04 Å². The van der Waals surface area contributed by atoms with Crippen LogP contribution in [0.2, 0.25) is 0 Å². The largest absolute Gasteiger partial charge is 0.244 e. The molecule has 0 atom stereocenters. The predicted octanol–water partition coefficient (Wildman–Crippen LogP) is 4.38. The highest BCUT2D eigenvalue weighted by Crippen LogP contribution is 2.30. The molecule has 0 amide bonds. The zero-order chi connectivity index (χ0) is 15.3. The fraction of sp³-hybridized carbons (Fsp3) is 0.714. The fourth-order valence-electron chi connectivity index (χ4n) is 2.15. The minimum atomic E-state index is -3.42. The first-order chi connectivity index (χ1) is 9.34. The number of nitrogens with zero attached hydrogens (tertiary/aromatic N) is 1. The first-order valence-electron chi connectivity index (χ1n) is 7.01. The zero-order valence-electron chi connectivity index (χ0n) is 12.6. The Balaban J connectivity index is 3.06. The number of halogens is 1. The smallest absolute Gasteiger partial charge is 0.207 e. The fourth-order valence-corrected chi connectivity index (χ4v) is 5.52. The summed E-state index contributed by atoms with van der Waals surface area (Å²) in [6.07, 6.45) is 3.04. The van der Waals surface area contributed by atoms with Crippen molar-refractivity contribution in [2.24, 2.45) is 0 Å². The summed E-state index contributed by atoms with van der Waals surface area (Å²) in [6.45, 7) is 8.39. The van der Waals surface area contributed by atoms with Crippen molar-refractivity contribution in [1.29, 1.82) is 0 Å². The second-order valence-electron chi connectivity index (χ2n) is 5.18. The van der Waals surface area contributed by atoms with Crippen LogP contribution in [0, 0.1) is 6.92 Å². The number of sulfonamides is 1. The summed E-state index contributed by atoms with van der Waals surface area (Å²) >= 11 is 7.27. The topological polar surface area (TPSA) is 37.4 Å². The molecular weight excluding hydrogens is 314 g/mol. The highest BCUT2D eigenvalue weighted by molar-refractivity contribution is 7.89. The lowest BCUT2D eigenvalue weighted by Gasteiger charge is -2.25. The van der Waals surface area contributed by atoms with Crippen LogP contribution in [0.5, 0.6) is 0 Å². The van der Waals surface area contributed by atoms with E-state index in [2.05, 4.69) is 6.92 Å².